The molecule has 0 N–H and O–H groups in total. The summed E-state index contributed by atoms with van der Waals surface area (Å²) in [5, 5.41) is 0. The Balaban J connectivity index is 1.05. The van der Waals surface area contributed by atoms with Crippen LogP contribution in [0.1, 0.15) is 106 Å². The average Bonchev–Trinajstić information content (AvgIpc) is 3.85. The highest BCUT2D eigenvalue weighted by atomic mass is 16.8. The van der Waals surface area contributed by atoms with E-state index in [4.69, 9.17) is 56.8 Å². The van der Waals surface area contributed by atoms with E-state index >= 15 is 0 Å². The number of carbonyl (C=O) groups is 4. The van der Waals surface area contributed by atoms with Gasteiger partial charge in [0, 0.05) is 0 Å². The van der Waals surface area contributed by atoms with Gasteiger partial charge in [0.05, 0.1) is 78.5 Å². The zero-order valence-electron chi connectivity index (χ0n) is 31.6. The van der Waals surface area contributed by atoms with Crippen LogP contribution in [0.4, 0.5) is 0 Å². The molecule has 0 spiro atoms. The summed E-state index contributed by atoms with van der Waals surface area (Å²) in [4.78, 5) is 49.4. The first kappa shape index (κ1) is 42.3. The lowest BCUT2D eigenvalue weighted by atomic mass is 10.2. The van der Waals surface area contributed by atoms with E-state index in [0.717, 1.165) is 25.7 Å². The molecule has 4 heterocycles. The number of hydrogen-bond acceptors (Lipinski definition) is 16. The van der Waals surface area contributed by atoms with Crippen LogP contribution in [0, 0.1) is 0 Å². The fourth-order valence-corrected chi connectivity index (χ4v) is 6.18. The van der Waals surface area contributed by atoms with Crippen molar-refractivity contribution < 1.29 is 76.0 Å². The summed E-state index contributed by atoms with van der Waals surface area (Å²) in [5.74, 6) is -6.42. The summed E-state index contributed by atoms with van der Waals surface area (Å²) in [7, 11) is 0. The fourth-order valence-electron chi connectivity index (χ4n) is 6.18. The molecule has 0 amide bonds. The van der Waals surface area contributed by atoms with Gasteiger partial charge in [-0.2, -0.15) is 0 Å². The molecule has 8 atom stereocenters. The van der Waals surface area contributed by atoms with Crippen LogP contribution in [0.3, 0.4) is 0 Å². The molecule has 298 valence electrons. The van der Waals surface area contributed by atoms with E-state index in [1.807, 2.05) is 13.8 Å². The molecule has 16 nitrogen and oxygen atoms in total. The van der Waals surface area contributed by atoms with Crippen molar-refractivity contribution >= 4 is 23.9 Å². The molecule has 16 heteroatoms. The second-order valence-electron chi connectivity index (χ2n) is 14.4. The van der Waals surface area contributed by atoms with Crippen LogP contribution in [0.5, 0.6) is 0 Å². The van der Waals surface area contributed by atoms with Gasteiger partial charge in [-0.3, -0.25) is 19.2 Å². The average molecular weight is 747 g/mol. The molecule has 4 rings (SSSR count). The van der Waals surface area contributed by atoms with Gasteiger partial charge in [0.2, 0.25) is 0 Å². The van der Waals surface area contributed by atoms with Crippen molar-refractivity contribution in [1.29, 1.82) is 0 Å². The highest BCUT2D eigenvalue weighted by Crippen LogP contribution is 2.37. The first-order valence-corrected chi connectivity index (χ1v) is 18.6. The van der Waals surface area contributed by atoms with Gasteiger partial charge in [-0.15, -0.1) is 0 Å². The smallest absolute Gasteiger partial charge is 0.311 e. The van der Waals surface area contributed by atoms with E-state index in [1.165, 1.54) is 0 Å². The van der Waals surface area contributed by atoms with E-state index in [1.54, 1.807) is 27.7 Å². The van der Waals surface area contributed by atoms with Crippen molar-refractivity contribution in [2.45, 2.75) is 153 Å². The van der Waals surface area contributed by atoms with Gasteiger partial charge >= 0.3 is 23.9 Å². The van der Waals surface area contributed by atoms with Crippen LogP contribution in [-0.4, -0.2) is 124 Å². The van der Waals surface area contributed by atoms with E-state index < -0.39 is 71.4 Å². The maximum Gasteiger partial charge on any atom is 0.311 e. The number of carbonyl (C=O) groups excluding carboxylic acids is 4. The molecule has 4 saturated heterocycles. The summed E-state index contributed by atoms with van der Waals surface area (Å²) in [6.07, 6.45) is 2.12. The highest BCUT2D eigenvalue weighted by molar-refractivity contribution is 5.71. The monoisotopic (exact) mass is 746 g/mol. The number of ether oxygens (including phenoxy) is 12. The Morgan fingerprint density at radius 1 is 0.442 bits per heavy atom. The van der Waals surface area contributed by atoms with Gasteiger partial charge in [0.25, 0.3) is 0 Å². The Hall–Kier alpha value is -2.44. The van der Waals surface area contributed by atoms with E-state index in [9.17, 15) is 19.2 Å². The molecular weight excluding hydrogens is 688 g/mol. The Morgan fingerprint density at radius 3 is 0.904 bits per heavy atom. The molecule has 0 saturated carbocycles. The van der Waals surface area contributed by atoms with Gasteiger partial charge in [-0.05, 0) is 53.4 Å². The van der Waals surface area contributed by atoms with Gasteiger partial charge in [0.15, 0.2) is 23.1 Å². The Labute approximate surface area is 305 Å². The summed E-state index contributed by atoms with van der Waals surface area (Å²) >= 11 is 0. The molecule has 4 aliphatic heterocycles. The standard InChI is InChI=1S/C36H58O16/c1-7-9-13-41-29(37)17-33(3)45-21-25(49-33)27-23-47-35(5,51-27)19-31(39)43-15-11-12-16-44-32(40)20-36(6)48-24-28(52-36)26-22-46-34(4,50-26)18-30(38)42-14-10-8-2/h25-28H,7-24H2,1-6H3. The number of hydrogen-bond donors (Lipinski definition) is 0. The predicted molar refractivity (Wildman–Crippen MR) is 178 cm³/mol. The molecule has 8 unspecified atom stereocenters. The minimum Gasteiger partial charge on any atom is -0.466 e. The largest absolute Gasteiger partial charge is 0.466 e. The number of unbranched alkanes of at least 4 members (excludes halogenated alkanes) is 3. The van der Waals surface area contributed by atoms with Gasteiger partial charge in [0.1, 0.15) is 24.4 Å². The van der Waals surface area contributed by atoms with E-state index in [-0.39, 0.29) is 65.3 Å². The molecule has 52 heavy (non-hydrogen) atoms. The Morgan fingerprint density at radius 2 is 0.673 bits per heavy atom. The fraction of sp³-hybridized carbons (Fsp3) is 0.889. The minimum atomic E-state index is -1.20. The molecular formula is C36H58O16. The molecule has 4 fully saturated rings. The second-order valence-corrected chi connectivity index (χ2v) is 14.4. The summed E-state index contributed by atoms with van der Waals surface area (Å²) < 4.78 is 68.4. The summed E-state index contributed by atoms with van der Waals surface area (Å²) in [5.41, 5.74) is 0. The maximum atomic E-state index is 12.5. The topological polar surface area (TPSA) is 179 Å². The first-order chi connectivity index (χ1) is 24.7. The van der Waals surface area contributed by atoms with E-state index in [2.05, 4.69) is 0 Å². The van der Waals surface area contributed by atoms with Crippen LogP contribution >= 0.6 is 0 Å². The SMILES string of the molecule is CCCCOC(=O)CC1(C)OCC(C2COC(C)(CC(=O)OCCCCOC(=O)CC3(C)OCC(C4COC(C)(CC(=O)OCCCC)O4)O3)O2)O1. The van der Waals surface area contributed by atoms with Crippen molar-refractivity contribution in [2.24, 2.45) is 0 Å². The molecule has 0 aromatic carbocycles. The lowest BCUT2D eigenvalue weighted by Gasteiger charge is -2.25. The normalized spacial score (nSPS) is 34.3. The molecule has 0 aliphatic carbocycles. The lowest BCUT2D eigenvalue weighted by Crippen LogP contribution is -2.37. The number of rotatable bonds is 21. The van der Waals surface area contributed by atoms with Gasteiger partial charge in [-0.25, -0.2) is 0 Å². The molecule has 0 aromatic rings. The van der Waals surface area contributed by atoms with Gasteiger partial charge in [-0.1, -0.05) is 26.7 Å². The maximum absolute atomic E-state index is 12.5. The minimum absolute atomic E-state index is 0.0415. The van der Waals surface area contributed by atoms with Crippen molar-refractivity contribution in [3.63, 3.8) is 0 Å². The molecule has 0 radical (unpaired) electrons. The van der Waals surface area contributed by atoms with Crippen molar-refractivity contribution in [3.8, 4) is 0 Å². The third-order valence-electron chi connectivity index (χ3n) is 9.09. The summed E-state index contributed by atoms with van der Waals surface area (Å²) in [6, 6.07) is 0. The zero-order chi connectivity index (χ0) is 37.8. The van der Waals surface area contributed by atoms with E-state index in [0.29, 0.717) is 26.1 Å². The number of esters is 4. The second kappa shape index (κ2) is 19.2. The van der Waals surface area contributed by atoms with Gasteiger partial charge < -0.3 is 56.8 Å². The van der Waals surface area contributed by atoms with Crippen LogP contribution < -0.4 is 0 Å². The highest BCUT2D eigenvalue weighted by Gasteiger charge is 2.50. The quantitative estimate of drug-likeness (QED) is 0.0944. The Bertz CT molecular complexity index is 1110. The van der Waals surface area contributed by atoms with Crippen LogP contribution in [0.25, 0.3) is 0 Å². The molecule has 0 aromatic heterocycles. The van der Waals surface area contributed by atoms with Crippen LogP contribution in [0.15, 0.2) is 0 Å². The summed E-state index contributed by atoms with van der Waals surface area (Å²) in [6.45, 7) is 12.5. The zero-order valence-corrected chi connectivity index (χ0v) is 31.6. The molecule has 4 aliphatic rings. The van der Waals surface area contributed by atoms with Crippen LogP contribution in [-0.2, 0) is 76.0 Å². The van der Waals surface area contributed by atoms with Crippen molar-refractivity contribution in [2.75, 3.05) is 52.9 Å². The Kier molecular flexibility index (Phi) is 15.7. The lowest BCUT2D eigenvalue weighted by molar-refractivity contribution is -0.202. The van der Waals surface area contributed by atoms with Crippen molar-refractivity contribution in [1.82, 2.24) is 0 Å². The molecule has 0 bridgehead atoms. The third-order valence-corrected chi connectivity index (χ3v) is 9.09. The van der Waals surface area contributed by atoms with Crippen molar-refractivity contribution in [3.05, 3.63) is 0 Å². The third kappa shape index (κ3) is 13.1. The first-order valence-electron chi connectivity index (χ1n) is 18.6. The predicted octanol–water partition coefficient (Wildman–Crippen LogP) is 3.63. The van der Waals surface area contributed by atoms with Crippen LogP contribution in [0.2, 0.25) is 0 Å².